The van der Waals surface area contributed by atoms with Gasteiger partial charge < -0.3 is 51.1 Å². The standard InChI is InChI=1S/C26H31O2P.C21H21O4P.C21H21OP.C19H17O2P.2C19H17OP/c1-2-3-4-5-6-13-22-28-23-18-20-26(21-19-23)29(27,24-14-9-7-10-15-24)25-16-11-8-12-17-25;1-23-16-4-10-19(11-5-16)26(22,20-12-6-17(24-2)7-13-20)21-14-8-18(25-3)9-15-21;22-23(16-19-10-4-1-5-11-19,17-20-12-6-2-7-13-20)18-21-14-8-3-9-15-21;1-21-16-12-14-19(15-13-16)22(20,17-8-4-2-5-9-17)18-10-6-3-7-11-18;1-16-12-14-19(15-13-16)21(20,17-8-4-2-5-9-17)18-10-6-3-7-11-18;20-21(18-12-6-2-7-13-18,19-14-8-3-9-15-19)16-17-10-4-1-5-11-17/h7-12,14-21H,2-6,13,22H2,1H3;4-15H,1-3H3;1-15H,16-18H2;2-15H,1H3;2-15H,1H3;1-15H,16H2. The third-order valence-corrected chi connectivity index (χ3v) is 42.6. The summed E-state index contributed by atoms with van der Waals surface area (Å²) in [6.07, 6.45) is 10.0. The molecule has 0 aliphatic heterocycles. The lowest BCUT2D eigenvalue weighted by Crippen LogP contribution is -2.25. The predicted molar refractivity (Wildman–Crippen MR) is 601 cm³/mol. The van der Waals surface area contributed by atoms with Gasteiger partial charge in [0.25, 0.3) is 0 Å². The molecule has 0 atom stereocenters. The maximum absolute atomic E-state index is 14.3. The van der Waals surface area contributed by atoms with E-state index in [9.17, 15) is 27.4 Å². The highest BCUT2D eigenvalue weighted by atomic mass is 31.2. The summed E-state index contributed by atoms with van der Waals surface area (Å²) in [4.78, 5) is 0. The van der Waals surface area contributed by atoms with Crippen LogP contribution < -0.4 is 97.9 Å². The summed E-state index contributed by atoms with van der Waals surface area (Å²) < 4.78 is 111. The van der Waals surface area contributed by atoms with Crippen LogP contribution in [0.3, 0.4) is 0 Å². The van der Waals surface area contributed by atoms with Gasteiger partial charge in [0.05, 0.1) is 35.0 Å². The molecule has 720 valence electrons. The van der Waals surface area contributed by atoms with Gasteiger partial charge in [-0.15, -0.1) is 0 Å². The van der Waals surface area contributed by atoms with Gasteiger partial charge in [-0.3, -0.25) is 0 Å². The Morgan fingerprint density at radius 1 is 0.183 bits per heavy atom. The second-order valence-electron chi connectivity index (χ2n) is 34.2. The second kappa shape index (κ2) is 53.8. The smallest absolute Gasteiger partial charge is 0.171 e. The van der Waals surface area contributed by atoms with Crippen molar-refractivity contribution in [1.82, 2.24) is 0 Å². The van der Waals surface area contributed by atoms with E-state index in [1.54, 1.807) is 28.4 Å². The van der Waals surface area contributed by atoms with E-state index in [2.05, 4.69) is 43.3 Å². The summed E-state index contributed by atoms with van der Waals surface area (Å²) in [6.45, 7) is 5.02. The van der Waals surface area contributed by atoms with Crippen LogP contribution in [-0.2, 0) is 52.0 Å². The minimum atomic E-state index is -3.03. The van der Waals surface area contributed by atoms with Crippen molar-refractivity contribution in [3.8, 4) is 28.7 Å². The first-order valence-corrected chi connectivity index (χ1v) is 58.9. The molecule has 0 spiro atoms. The highest BCUT2D eigenvalue weighted by molar-refractivity contribution is 7.86. The first-order chi connectivity index (χ1) is 69.3. The lowest BCUT2D eigenvalue weighted by molar-refractivity contribution is 0.304. The maximum Gasteiger partial charge on any atom is 0.171 e. The first kappa shape index (κ1) is 106. The molecule has 0 unspecified atom stereocenters. The van der Waals surface area contributed by atoms with Gasteiger partial charge in [0.15, 0.2) is 28.6 Å². The van der Waals surface area contributed by atoms with Crippen molar-refractivity contribution in [3.63, 3.8) is 0 Å². The molecular weight excluding hydrogens is 1860 g/mol. The van der Waals surface area contributed by atoms with Crippen molar-refractivity contribution in [2.75, 3.05) is 35.0 Å². The van der Waals surface area contributed by atoms with E-state index >= 15 is 0 Å². The van der Waals surface area contributed by atoms with E-state index < -0.39 is 42.9 Å². The molecule has 0 aliphatic carbocycles. The average molecular weight is 1990 g/mol. The Bertz CT molecular complexity index is 6660. The summed E-state index contributed by atoms with van der Waals surface area (Å²) in [5, 5.41) is 11.7. The van der Waals surface area contributed by atoms with Crippen LogP contribution >= 0.6 is 42.9 Å². The zero-order chi connectivity index (χ0) is 99.6. The number of ether oxygens (including phenoxy) is 5. The average Bonchev–Trinajstić information content (AvgIpc) is 0.776. The number of unbranched alkanes of at least 4 members (excludes halogenated alkanes) is 5. The zero-order valence-electron chi connectivity index (χ0n) is 81.4. The molecule has 17 heteroatoms. The van der Waals surface area contributed by atoms with Crippen LogP contribution in [0.25, 0.3) is 0 Å². The van der Waals surface area contributed by atoms with E-state index in [-0.39, 0.29) is 0 Å². The Balaban J connectivity index is 0.000000144. The molecule has 18 rings (SSSR count). The summed E-state index contributed by atoms with van der Waals surface area (Å²) >= 11 is 0. The van der Waals surface area contributed by atoms with Crippen LogP contribution in [0, 0.1) is 6.92 Å². The molecule has 142 heavy (non-hydrogen) atoms. The van der Waals surface area contributed by atoms with Crippen LogP contribution in [0.4, 0.5) is 0 Å². The quantitative estimate of drug-likeness (QED) is 0.0280. The fraction of sp³-hybridized carbons (Fsp3) is 0.136. The number of methoxy groups -OCH3 is 4. The van der Waals surface area contributed by atoms with Crippen LogP contribution in [0.1, 0.15) is 73.3 Å². The van der Waals surface area contributed by atoms with Crippen LogP contribution in [0.2, 0.25) is 0 Å². The summed E-state index contributed by atoms with van der Waals surface area (Å²) in [5.74, 6) is 3.78. The summed E-state index contributed by atoms with van der Waals surface area (Å²) in [7, 11) is -10.2. The Kier molecular flexibility index (Phi) is 40.0. The van der Waals surface area contributed by atoms with Gasteiger partial charge in [-0.2, -0.15) is 0 Å². The minimum Gasteiger partial charge on any atom is -0.497 e. The molecule has 0 amide bonds. The largest absolute Gasteiger partial charge is 0.497 e. The summed E-state index contributed by atoms with van der Waals surface area (Å²) in [5.41, 5.74) is 5.74. The lowest BCUT2D eigenvalue weighted by atomic mass is 10.1. The summed E-state index contributed by atoms with van der Waals surface area (Å²) in [6, 6.07) is 164. The number of hydrogen-bond acceptors (Lipinski definition) is 11. The Morgan fingerprint density at radius 3 is 0.577 bits per heavy atom. The van der Waals surface area contributed by atoms with E-state index in [1.165, 1.54) is 37.7 Å². The van der Waals surface area contributed by atoms with Crippen molar-refractivity contribution >= 4 is 117 Å². The number of benzene rings is 18. The lowest BCUT2D eigenvalue weighted by Gasteiger charge is -2.20. The molecule has 0 aromatic heterocycles. The molecule has 0 saturated heterocycles. The number of hydrogen-bond donors (Lipinski definition) is 0. The highest BCUT2D eigenvalue weighted by Crippen LogP contribution is 2.56. The van der Waals surface area contributed by atoms with Crippen LogP contribution in [0.15, 0.2) is 510 Å². The van der Waals surface area contributed by atoms with Crippen LogP contribution in [-0.4, -0.2) is 35.0 Å². The number of rotatable bonds is 34. The Morgan fingerprint density at radius 2 is 0.359 bits per heavy atom. The predicted octanol–water partition coefficient (Wildman–Crippen LogP) is 26.5. The van der Waals surface area contributed by atoms with Gasteiger partial charge in [0, 0.05) is 98.9 Å². The SMILES string of the molecule is CCCCCCCCOc1ccc(P(=O)(c2ccccc2)c2ccccc2)cc1.COc1ccc(P(=O)(c2ccc(OC)cc2)c2ccc(OC)cc2)cc1.COc1ccc(P(=O)(c2ccccc2)c2ccccc2)cc1.Cc1ccc(P(=O)(c2ccccc2)c2ccccc2)cc1.O=P(Cc1ccccc1)(Cc1ccccc1)Cc1ccccc1.O=P(Cc1ccccc1)(c1ccccc1)c1ccccc1. The molecule has 0 saturated carbocycles. The van der Waals surface area contributed by atoms with E-state index in [1.807, 2.05) is 480 Å². The Hall–Kier alpha value is -13.7. The van der Waals surface area contributed by atoms with Crippen molar-refractivity contribution in [1.29, 1.82) is 0 Å². The molecule has 0 bridgehead atoms. The monoisotopic (exact) mass is 1990 g/mol. The zero-order valence-corrected chi connectivity index (χ0v) is 86.8. The second-order valence-corrected chi connectivity index (χ2v) is 51.2. The Labute approximate surface area is 840 Å². The van der Waals surface area contributed by atoms with Gasteiger partial charge in [-0.25, -0.2) is 0 Å². The first-order valence-electron chi connectivity index (χ1n) is 47.9. The topological polar surface area (TPSA) is 149 Å². The van der Waals surface area contributed by atoms with E-state index in [4.69, 9.17) is 23.7 Å². The number of aryl methyl sites for hydroxylation is 1. The molecule has 0 N–H and O–H groups in total. The van der Waals surface area contributed by atoms with Gasteiger partial charge in [-0.05, 0) is 157 Å². The molecule has 11 nitrogen and oxygen atoms in total. The fourth-order valence-electron chi connectivity index (χ4n) is 16.8. The van der Waals surface area contributed by atoms with Gasteiger partial charge >= 0.3 is 0 Å². The van der Waals surface area contributed by atoms with E-state index in [0.29, 0.717) is 24.6 Å². The van der Waals surface area contributed by atoms with Crippen molar-refractivity contribution in [2.45, 2.75) is 77.0 Å². The van der Waals surface area contributed by atoms with Gasteiger partial charge in [0.2, 0.25) is 0 Å². The molecule has 0 radical (unpaired) electrons. The molecule has 18 aromatic carbocycles. The highest BCUT2D eigenvalue weighted by Gasteiger charge is 2.35. The van der Waals surface area contributed by atoms with Crippen LogP contribution in [0.5, 0.6) is 28.7 Å². The minimum absolute atomic E-state index is 0.557. The maximum atomic E-state index is 14.3. The van der Waals surface area contributed by atoms with E-state index in [0.717, 1.165) is 138 Å². The van der Waals surface area contributed by atoms with Gasteiger partial charge in [0.1, 0.15) is 43.0 Å². The third kappa shape index (κ3) is 28.6. The molecule has 0 aliphatic rings. The molecule has 0 fully saturated rings. The van der Waals surface area contributed by atoms with Crippen molar-refractivity contribution in [3.05, 3.63) is 537 Å². The third-order valence-electron chi connectivity index (χ3n) is 24.4. The normalized spacial score (nSPS) is 11.2. The van der Waals surface area contributed by atoms with Gasteiger partial charge in [-0.1, -0.05) is 433 Å². The van der Waals surface area contributed by atoms with Crippen molar-refractivity contribution in [2.24, 2.45) is 0 Å². The molecular formula is C125H124O11P6. The van der Waals surface area contributed by atoms with Crippen molar-refractivity contribution < 1.29 is 51.1 Å². The fourth-order valence-corrected chi connectivity index (χ4v) is 33.0. The molecule has 0 heterocycles. The molecule has 18 aromatic rings.